The van der Waals surface area contributed by atoms with Crippen LogP contribution < -0.4 is 31.0 Å². The highest BCUT2D eigenvalue weighted by molar-refractivity contribution is 7.89. The summed E-state index contributed by atoms with van der Waals surface area (Å²) in [6, 6.07) is 39.2. The summed E-state index contributed by atoms with van der Waals surface area (Å²) in [5.74, 6) is 3.03. The number of primary sulfonamides is 2. The summed E-state index contributed by atoms with van der Waals surface area (Å²) in [5, 5.41) is 38.8. The van der Waals surface area contributed by atoms with E-state index in [0.29, 0.717) is 36.0 Å². The van der Waals surface area contributed by atoms with Crippen LogP contribution in [-0.4, -0.2) is 88.8 Å². The molecule has 0 aliphatic carbocycles. The quantitative estimate of drug-likeness (QED) is 0.0454. The lowest BCUT2D eigenvalue weighted by molar-refractivity contribution is 0.282. The number of nitrogens with zero attached hydrogens (tertiary/aromatic N) is 10. The molecule has 0 bridgehead atoms. The Kier molecular flexibility index (Phi) is 17.0. The van der Waals surface area contributed by atoms with E-state index in [0.717, 1.165) is 80.6 Å². The molecule has 0 saturated heterocycles. The normalized spacial score (nSPS) is 11.4. The van der Waals surface area contributed by atoms with Crippen molar-refractivity contribution in [2.24, 2.45) is 10.3 Å². The number of imidazole rings is 3. The molecule has 0 spiro atoms. The van der Waals surface area contributed by atoms with Crippen molar-refractivity contribution in [1.82, 2.24) is 48.1 Å². The molecule has 0 amide bonds. The van der Waals surface area contributed by atoms with E-state index < -0.39 is 20.0 Å². The molecule has 0 unspecified atom stereocenters. The SMILES string of the molecule is COc1ccc(-c2cnc3c(NCc4ccc(S(N)(=O)=O)cc4)nccn23)cc1.NS(=O)(=O)c1ccc(CNc2nccn3c(-c4ccc(CO)cc4)cnc23)cc1.Oc1ccc(-c2cnc3c(NCCc4ccncc4)nccn23)cc1. The van der Waals surface area contributed by atoms with Gasteiger partial charge in [0.1, 0.15) is 11.5 Å². The number of aromatic nitrogens is 10. The van der Waals surface area contributed by atoms with Crippen molar-refractivity contribution >= 4 is 54.4 Å². The third kappa shape index (κ3) is 13.6. The Labute approximate surface area is 477 Å². The summed E-state index contributed by atoms with van der Waals surface area (Å²) in [4.78, 5) is 30.9. The van der Waals surface area contributed by atoms with Gasteiger partial charge < -0.3 is 30.9 Å². The van der Waals surface area contributed by atoms with Gasteiger partial charge >= 0.3 is 0 Å². The van der Waals surface area contributed by atoms with Gasteiger partial charge in [0.05, 0.1) is 59.2 Å². The van der Waals surface area contributed by atoms with E-state index in [1.165, 1.54) is 29.8 Å². The Morgan fingerprint density at radius 1 is 0.470 bits per heavy atom. The average Bonchev–Trinajstić information content (AvgIpc) is 4.50. The summed E-state index contributed by atoms with van der Waals surface area (Å²) in [6.07, 6.45) is 20.6. The summed E-state index contributed by atoms with van der Waals surface area (Å²) >= 11 is 0. The first-order chi connectivity index (χ1) is 40.2. The van der Waals surface area contributed by atoms with Crippen LogP contribution in [0.15, 0.2) is 211 Å². The maximum Gasteiger partial charge on any atom is 0.238 e. The first kappa shape index (κ1) is 56.2. The Morgan fingerprint density at radius 3 is 1.25 bits per heavy atom. The van der Waals surface area contributed by atoms with Crippen LogP contribution in [0.2, 0.25) is 0 Å². The van der Waals surface area contributed by atoms with Crippen LogP contribution in [0.3, 0.4) is 0 Å². The third-order valence-corrected chi connectivity index (χ3v) is 15.0. The van der Waals surface area contributed by atoms with Crippen molar-refractivity contribution < 1.29 is 31.8 Å². The molecule has 5 aromatic carbocycles. The van der Waals surface area contributed by atoms with Gasteiger partial charge in [-0.05, 0) is 114 Å². The predicted molar refractivity (Wildman–Crippen MR) is 316 cm³/mol. The van der Waals surface area contributed by atoms with Crippen LogP contribution in [0, 0.1) is 0 Å². The molecular formula is C59H55N15O7S2. The monoisotopic (exact) mass is 1150 g/mol. The van der Waals surface area contributed by atoms with Crippen molar-refractivity contribution in [2.45, 2.75) is 35.9 Å². The zero-order valence-corrected chi connectivity index (χ0v) is 46.1. The fraction of sp³-hybridized carbons (Fsp3) is 0.102. The minimum absolute atomic E-state index is 0.00358. The average molecular weight is 1150 g/mol. The molecular weight excluding hydrogens is 1090 g/mol. The van der Waals surface area contributed by atoms with E-state index in [1.807, 2.05) is 111 Å². The maximum atomic E-state index is 11.4. The zero-order chi connectivity index (χ0) is 57.9. The number of phenolic OH excluding ortho intramolecular Hbond substituents is 1. The van der Waals surface area contributed by atoms with Gasteiger partial charge in [0.2, 0.25) is 20.0 Å². The molecule has 12 aromatic rings. The van der Waals surface area contributed by atoms with Crippen molar-refractivity contribution in [2.75, 3.05) is 29.6 Å². The summed E-state index contributed by atoms with van der Waals surface area (Å²) < 4.78 is 56.5. The number of anilines is 3. The molecule has 0 aliphatic heterocycles. The van der Waals surface area contributed by atoms with Crippen LogP contribution >= 0.6 is 0 Å². The van der Waals surface area contributed by atoms with Crippen molar-refractivity contribution in [3.05, 3.63) is 224 Å². The number of hydrogen-bond donors (Lipinski definition) is 7. The summed E-state index contributed by atoms with van der Waals surface area (Å²) in [6.45, 7) is 1.68. The molecule has 7 aromatic heterocycles. The molecule has 0 aliphatic rings. The molecule has 9 N–H and O–H groups in total. The lowest BCUT2D eigenvalue weighted by Crippen LogP contribution is -2.12. The Bertz CT molecular complexity index is 4180. The van der Waals surface area contributed by atoms with Gasteiger partial charge in [-0.15, -0.1) is 0 Å². The number of aromatic hydroxyl groups is 1. The maximum absolute atomic E-state index is 11.4. The number of sulfonamides is 2. The fourth-order valence-electron chi connectivity index (χ4n) is 8.79. The molecule has 0 radical (unpaired) electrons. The molecule has 12 rings (SSSR count). The van der Waals surface area contributed by atoms with Gasteiger partial charge in [-0.2, -0.15) is 0 Å². The van der Waals surface area contributed by atoms with Crippen LogP contribution in [-0.2, 0) is 46.2 Å². The molecule has 0 fully saturated rings. The molecule has 420 valence electrons. The number of fused-ring (bicyclic) bond motifs is 3. The number of hydrogen-bond acceptors (Lipinski definition) is 17. The van der Waals surface area contributed by atoms with Gasteiger partial charge in [0, 0.05) is 85.9 Å². The van der Waals surface area contributed by atoms with Crippen LogP contribution in [0.25, 0.3) is 50.7 Å². The number of rotatable bonds is 17. The highest BCUT2D eigenvalue weighted by atomic mass is 32.2. The molecule has 83 heavy (non-hydrogen) atoms. The summed E-state index contributed by atoms with van der Waals surface area (Å²) in [5.41, 5.74) is 11.8. The number of methoxy groups -OCH3 is 1. The molecule has 0 saturated carbocycles. The third-order valence-electron chi connectivity index (χ3n) is 13.1. The van der Waals surface area contributed by atoms with E-state index in [9.17, 15) is 27.0 Å². The van der Waals surface area contributed by atoms with E-state index in [2.05, 4.69) is 50.8 Å². The number of ether oxygens (including phenoxy) is 1. The van der Waals surface area contributed by atoms with Crippen molar-refractivity contribution in [1.29, 1.82) is 0 Å². The second-order valence-corrected chi connectivity index (χ2v) is 21.7. The largest absolute Gasteiger partial charge is 0.508 e. The first-order valence-corrected chi connectivity index (χ1v) is 28.8. The highest BCUT2D eigenvalue weighted by Crippen LogP contribution is 2.28. The zero-order valence-electron chi connectivity index (χ0n) is 44.5. The highest BCUT2D eigenvalue weighted by Gasteiger charge is 2.15. The van der Waals surface area contributed by atoms with Gasteiger partial charge in [-0.1, -0.05) is 48.5 Å². The minimum Gasteiger partial charge on any atom is -0.508 e. The van der Waals surface area contributed by atoms with Crippen molar-refractivity contribution in [3.8, 4) is 45.3 Å². The standard InChI is InChI=1S/2C20H19N5O3S.C19H17N5O/c1-28-16-6-4-15(5-7-16)18-13-24-20-19(22-10-11-25(18)20)23-12-14-2-8-17(9-3-14)29(21,26)27;21-29(27,28)17-7-3-14(4-8-17)11-23-19-20-24-12-18(25(20)10-9-22-19)16-5-1-15(13-26)2-6-16;25-16-3-1-15(2-4-16)17-13-23-19-18(22-11-12-24(17)19)21-10-7-14-5-8-20-9-6-14/h2-11,13H,12H2,1H3,(H,22,23)(H2,21,26,27);1-10,12,26H,11,13H2,(H,22,23)(H2,21,27,28);1-6,8-9,11-13,25H,7,10H2,(H,21,22). The van der Waals surface area contributed by atoms with E-state index in [4.69, 9.17) is 15.0 Å². The lowest BCUT2D eigenvalue weighted by atomic mass is 10.1. The molecule has 7 heterocycles. The van der Waals surface area contributed by atoms with Gasteiger partial charge in [-0.25, -0.2) is 57.0 Å². The number of aliphatic hydroxyl groups excluding tert-OH is 1. The Hall–Kier alpha value is -10.1. The molecule has 24 heteroatoms. The second kappa shape index (κ2) is 25.1. The molecule has 22 nitrogen and oxygen atoms in total. The van der Waals surface area contributed by atoms with Crippen LogP contribution in [0.1, 0.15) is 22.3 Å². The summed E-state index contributed by atoms with van der Waals surface area (Å²) in [7, 11) is -5.77. The minimum atomic E-state index is -3.70. The van der Waals surface area contributed by atoms with Crippen LogP contribution in [0.4, 0.5) is 17.5 Å². The number of aliphatic hydroxyl groups is 1. The predicted octanol–water partition coefficient (Wildman–Crippen LogP) is 7.96. The topological polar surface area (TPSA) is 310 Å². The van der Waals surface area contributed by atoms with Gasteiger partial charge in [0.25, 0.3) is 0 Å². The lowest BCUT2D eigenvalue weighted by Gasteiger charge is -2.09. The number of benzene rings is 5. The number of pyridine rings is 1. The second-order valence-electron chi connectivity index (χ2n) is 18.6. The fourth-order valence-corrected chi connectivity index (χ4v) is 9.82. The Morgan fingerprint density at radius 2 is 0.855 bits per heavy atom. The van der Waals surface area contributed by atoms with Gasteiger partial charge in [0.15, 0.2) is 34.4 Å². The Balaban J connectivity index is 0.000000140. The first-order valence-electron chi connectivity index (χ1n) is 25.7. The molecule has 0 atom stereocenters. The van der Waals surface area contributed by atoms with E-state index in [1.54, 1.807) is 86.9 Å². The van der Waals surface area contributed by atoms with E-state index in [-0.39, 0.29) is 22.1 Å². The van der Waals surface area contributed by atoms with Crippen LogP contribution in [0.5, 0.6) is 11.5 Å². The smallest absolute Gasteiger partial charge is 0.238 e. The van der Waals surface area contributed by atoms with Crippen molar-refractivity contribution in [3.63, 3.8) is 0 Å². The number of nitrogens with two attached hydrogens (primary N) is 2. The van der Waals surface area contributed by atoms with E-state index >= 15 is 0 Å². The number of phenols is 1. The van der Waals surface area contributed by atoms with Gasteiger partial charge in [-0.3, -0.25) is 18.2 Å². The number of nitrogens with one attached hydrogen (secondary N) is 3.